The molecule has 166 valence electrons. The first-order valence-corrected chi connectivity index (χ1v) is 12.4. The third-order valence-corrected chi connectivity index (χ3v) is 9.90. The standard InChI is InChI=1S/C28H42O2/c1-17(2)18(3)7-8-19(4)22-9-10-23-21-16-26(30)25-15-20(29)11-13-28(25,6)24(21)12-14-27(22,23)5/h7-8,15-19,22-24,26,30H,9-14H2,1-6H3/t18-,19+,22+,23-,24-,26?,27+,28+/m0/s1. The van der Waals surface area contributed by atoms with Crippen molar-refractivity contribution in [3.63, 3.8) is 0 Å². The van der Waals surface area contributed by atoms with Gasteiger partial charge < -0.3 is 5.11 Å². The van der Waals surface area contributed by atoms with Crippen molar-refractivity contribution in [2.75, 3.05) is 0 Å². The van der Waals surface area contributed by atoms with Crippen LogP contribution in [0.15, 0.2) is 35.5 Å². The van der Waals surface area contributed by atoms with Gasteiger partial charge in [0.25, 0.3) is 0 Å². The number of ketones is 1. The van der Waals surface area contributed by atoms with Crippen LogP contribution < -0.4 is 0 Å². The average Bonchev–Trinajstić information content (AvgIpc) is 3.04. The summed E-state index contributed by atoms with van der Waals surface area (Å²) >= 11 is 0. The van der Waals surface area contributed by atoms with Crippen LogP contribution in [0.4, 0.5) is 0 Å². The molecule has 2 nitrogen and oxygen atoms in total. The molecule has 0 saturated heterocycles. The van der Waals surface area contributed by atoms with E-state index >= 15 is 0 Å². The Morgan fingerprint density at radius 3 is 2.47 bits per heavy atom. The number of aliphatic hydroxyl groups excluding tert-OH is 1. The monoisotopic (exact) mass is 410 g/mol. The number of fused-ring (bicyclic) bond motifs is 5. The molecule has 0 amide bonds. The molecule has 0 bridgehead atoms. The Kier molecular flexibility index (Phi) is 5.71. The number of hydrogen-bond donors (Lipinski definition) is 1. The number of allylic oxidation sites excluding steroid dienone is 4. The smallest absolute Gasteiger partial charge is 0.155 e. The maximum atomic E-state index is 12.1. The minimum atomic E-state index is -0.573. The summed E-state index contributed by atoms with van der Waals surface area (Å²) in [7, 11) is 0. The van der Waals surface area contributed by atoms with Gasteiger partial charge in [0, 0.05) is 6.42 Å². The van der Waals surface area contributed by atoms with Gasteiger partial charge >= 0.3 is 0 Å². The minimum absolute atomic E-state index is 0.0327. The maximum absolute atomic E-state index is 12.1. The van der Waals surface area contributed by atoms with Gasteiger partial charge in [-0.05, 0) is 90.1 Å². The zero-order chi connectivity index (χ0) is 21.8. The second-order valence-electron chi connectivity index (χ2n) is 11.8. The number of carbonyl (C=O) groups excluding carboxylic acids is 1. The molecule has 0 radical (unpaired) electrons. The molecular formula is C28H42O2. The third kappa shape index (κ3) is 3.38. The molecule has 0 spiro atoms. The number of hydrogen-bond acceptors (Lipinski definition) is 2. The summed E-state index contributed by atoms with van der Waals surface area (Å²) in [5.74, 6) is 3.92. The zero-order valence-electron chi connectivity index (χ0n) is 19.9. The van der Waals surface area contributed by atoms with Crippen molar-refractivity contribution in [1.82, 2.24) is 0 Å². The van der Waals surface area contributed by atoms with Crippen molar-refractivity contribution >= 4 is 5.78 Å². The third-order valence-electron chi connectivity index (χ3n) is 9.90. The fourth-order valence-corrected chi connectivity index (χ4v) is 7.53. The van der Waals surface area contributed by atoms with Gasteiger partial charge in [-0.1, -0.05) is 65.3 Å². The van der Waals surface area contributed by atoms with E-state index in [0.717, 1.165) is 17.9 Å². The summed E-state index contributed by atoms with van der Waals surface area (Å²) in [6.07, 6.45) is 14.8. The Bertz CT molecular complexity index is 786. The van der Waals surface area contributed by atoms with Crippen molar-refractivity contribution in [1.29, 1.82) is 0 Å². The molecule has 30 heavy (non-hydrogen) atoms. The van der Waals surface area contributed by atoms with Crippen molar-refractivity contribution < 1.29 is 9.90 Å². The lowest BCUT2D eigenvalue weighted by Gasteiger charge is -2.55. The van der Waals surface area contributed by atoms with Gasteiger partial charge in [-0.3, -0.25) is 4.79 Å². The highest BCUT2D eigenvalue weighted by atomic mass is 16.3. The van der Waals surface area contributed by atoms with E-state index in [1.54, 1.807) is 6.08 Å². The number of carbonyl (C=O) groups is 1. The number of rotatable bonds is 4. The van der Waals surface area contributed by atoms with Gasteiger partial charge in [-0.2, -0.15) is 0 Å². The van der Waals surface area contributed by atoms with Gasteiger partial charge in [0.15, 0.2) is 5.78 Å². The van der Waals surface area contributed by atoms with E-state index in [2.05, 4.69) is 59.8 Å². The first kappa shape index (κ1) is 22.1. The van der Waals surface area contributed by atoms with E-state index in [1.165, 1.54) is 31.3 Å². The molecule has 4 aliphatic carbocycles. The maximum Gasteiger partial charge on any atom is 0.155 e. The molecule has 0 aromatic heterocycles. The SMILES string of the molecule is CC(C)[C@@H](C)C=C[C@@H](C)[C@H]1CC[C@H]2C3=CC(O)C4=CC(=O)CC[C@]4(C)[C@H]3CC[C@]12C. The molecule has 4 rings (SSSR count). The fourth-order valence-electron chi connectivity index (χ4n) is 7.53. The molecule has 4 aliphatic rings. The van der Waals surface area contributed by atoms with E-state index in [4.69, 9.17) is 0 Å². The predicted molar refractivity (Wildman–Crippen MR) is 124 cm³/mol. The van der Waals surface area contributed by atoms with Gasteiger partial charge in [-0.25, -0.2) is 0 Å². The summed E-state index contributed by atoms with van der Waals surface area (Å²) in [6, 6.07) is 0. The van der Waals surface area contributed by atoms with Crippen molar-refractivity contribution in [2.24, 2.45) is 46.3 Å². The lowest BCUT2D eigenvalue weighted by Crippen LogP contribution is -2.48. The van der Waals surface area contributed by atoms with Crippen LogP contribution in [0.5, 0.6) is 0 Å². The van der Waals surface area contributed by atoms with Crippen molar-refractivity contribution in [3.8, 4) is 0 Å². The highest BCUT2D eigenvalue weighted by Gasteiger charge is 2.57. The van der Waals surface area contributed by atoms with Crippen LogP contribution >= 0.6 is 0 Å². The lowest BCUT2D eigenvalue weighted by molar-refractivity contribution is -0.116. The lowest BCUT2D eigenvalue weighted by atomic mass is 9.49. The van der Waals surface area contributed by atoms with Crippen LogP contribution in [0.3, 0.4) is 0 Å². The molecule has 1 N–H and O–H groups in total. The molecule has 8 atom stereocenters. The molecular weight excluding hydrogens is 368 g/mol. The van der Waals surface area contributed by atoms with Gasteiger partial charge in [0.1, 0.15) is 0 Å². The van der Waals surface area contributed by atoms with Gasteiger partial charge in [0.2, 0.25) is 0 Å². The molecule has 0 aromatic rings. The molecule has 2 fully saturated rings. The van der Waals surface area contributed by atoms with Crippen molar-refractivity contribution in [2.45, 2.75) is 86.2 Å². The highest BCUT2D eigenvalue weighted by molar-refractivity contribution is 5.92. The topological polar surface area (TPSA) is 37.3 Å². The molecule has 1 unspecified atom stereocenters. The predicted octanol–water partition coefficient (Wildman–Crippen LogP) is 6.51. The second-order valence-corrected chi connectivity index (χ2v) is 11.8. The summed E-state index contributed by atoms with van der Waals surface area (Å²) < 4.78 is 0. The van der Waals surface area contributed by atoms with Crippen LogP contribution in [0, 0.1) is 46.3 Å². The van der Waals surface area contributed by atoms with Crippen LogP contribution in [0.25, 0.3) is 0 Å². The Labute approximate surface area is 183 Å². The highest BCUT2D eigenvalue weighted by Crippen LogP contribution is 2.66. The van der Waals surface area contributed by atoms with Crippen LogP contribution in [-0.2, 0) is 4.79 Å². The van der Waals surface area contributed by atoms with Crippen molar-refractivity contribution in [3.05, 3.63) is 35.5 Å². The van der Waals surface area contributed by atoms with Crippen LogP contribution in [0.2, 0.25) is 0 Å². The first-order valence-electron chi connectivity index (χ1n) is 12.4. The number of aliphatic hydroxyl groups is 1. The molecule has 2 heteroatoms. The summed E-state index contributed by atoms with van der Waals surface area (Å²) in [5, 5.41) is 11.0. The van der Waals surface area contributed by atoms with E-state index < -0.39 is 6.10 Å². The van der Waals surface area contributed by atoms with Crippen LogP contribution in [-0.4, -0.2) is 17.0 Å². The zero-order valence-corrected chi connectivity index (χ0v) is 19.9. The molecule has 0 aliphatic heterocycles. The van der Waals surface area contributed by atoms with Gasteiger partial charge in [0.05, 0.1) is 6.10 Å². The minimum Gasteiger partial charge on any atom is -0.385 e. The quantitative estimate of drug-likeness (QED) is 0.536. The normalized spacial score (nSPS) is 43.0. The largest absolute Gasteiger partial charge is 0.385 e. The Balaban J connectivity index is 1.61. The summed E-state index contributed by atoms with van der Waals surface area (Å²) in [4.78, 5) is 12.1. The summed E-state index contributed by atoms with van der Waals surface area (Å²) in [5.41, 5.74) is 2.81. The average molecular weight is 411 g/mol. The Hall–Kier alpha value is -1.15. The second kappa shape index (κ2) is 7.76. The van der Waals surface area contributed by atoms with Crippen LogP contribution in [0.1, 0.15) is 80.1 Å². The van der Waals surface area contributed by atoms with E-state index in [1.807, 2.05) is 0 Å². The van der Waals surface area contributed by atoms with E-state index in [-0.39, 0.29) is 11.2 Å². The van der Waals surface area contributed by atoms with Gasteiger partial charge in [-0.15, -0.1) is 0 Å². The van der Waals surface area contributed by atoms with E-state index in [0.29, 0.717) is 41.4 Å². The molecule has 0 heterocycles. The molecule has 2 saturated carbocycles. The first-order chi connectivity index (χ1) is 14.1. The molecule has 0 aromatic carbocycles. The van der Waals surface area contributed by atoms with E-state index in [9.17, 15) is 9.90 Å². The fraction of sp³-hybridized carbons (Fsp3) is 0.750. The summed E-state index contributed by atoms with van der Waals surface area (Å²) in [6.45, 7) is 14.2. The Morgan fingerprint density at radius 2 is 1.77 bits per heavy atom. The Morgan fingerprint density at radius 1 is 1.03 bits per heavy atom.